The number of anilines is 2. The molecular weight excluding hydrogens is 566 g/mol. The lowest BCUT2D eigenvalue weighted by atomic mass is 10.2. The van der Waals surface area contributed by atoms with E-state index in [-0.39, 0.29) is 53.2 Å². The van der Waals surface area contributed by atoms with Crippen LogP contribution in [-0.2, 0) is 29.6 Å². The lowest BCUT2D eigenvalue weighted by Gasteiger charge is -2.27. The van der Waals surface area contributed by atoms with Gasteiger partial charge in [0.2, 0.25) is 15.9 Å². The molecule has 1 aliphatic rings. The Kier molecular flexibility index (Phi) is 8.82. The maximum atomic E-state index is 13.7. The Bertz CT molecular complexity index is 1560. The van der Waals surface area contributed by atoms with Crippen LogP contribution in [0.3, 0.4) is 0 Å². The van der Waals surface area contributed by atoms with Gasteiger partial charge in [0, 0.05) is 18.1 Å². The number of nitrogens with one attached hydrogen (secondary N) is 1. The SMILES string of the molecule is COc1ccc(S(=O)(=O)N2CCOCC2)cc1NC(=O)CN(c1cc(Cl)ccc1C)S(=O)(=O)c1ccccc1. The summed E-state index contributed by atoms with van der Waals surface area (Å²) < 4.78 is 66.5. The average molecular weight is 594 g/mol. The molecule has 39 heavy (non-hydrogen) atoms. The van der Waals surface area contributed by atoms with E-state index in [1.54, 1.807) is 37.3 Å². The van der Waals surface area contributed by atoms with Crippen molar-refractivity contribution >= 4 is 48.9 Å². The fourth-order valence-corrected chi connectivity index (χ4v) is 7.17. The van der Waals surface area contributed by atoms with E-state index < -0.39 is 32.5 Å². The zero-order valence-electron chi connectivity index (χ0n) is 21.3. The molecule has 13 heteroatoms. The van der Waals surface area contributed by atoms with Crippen LogP contribution in [0.15, 0.2) is 76.5 Å². The van der Waals surface area contributed by atoms with E-state index in [9.17, 15) is 21.6 Å². The summed E-state index contributed by atoms with van der Waals surface area (Å²) in [6.07, 6.45) is 0. The molecule has 1 aliphatic heterocycles. The van der Waals surface area contributed by atoms with Crippen molar-refractivity contribution in [1.29, 1.82) is 0 Å². The van der Waals surface area contributed by atoms with Crippen molar-refractivity contribution < 1.29 is 31.1 Å². The van der Waals surface area contributed by atoms with Crippen LogP contribution in [0.4, 0.5) is 11.4 Å². The molecular formula is C26H28ClN3O7S2. The molecule has 3 aromatic carbocycles. The molecule has 0 bridgehead atoms. The van der Waals surface area contributed by atoms with E-state index in [2.05, 4.69) is 5.32 Å². The summed E-state index contributed by atoms with van der Waals surface area (Å²) in [7, 11) is -6.65. The van der Waals surface area contributed by atoms with E-state index in [0.29, 0.717) is 10.6 Å². The molecule has 10 nitrogen and oxygen atoms in total. The van der Waals surface area contributed by atoms with Gasteiger partial charge in [0.15, 0.2) is 0 Å². The molecule has 0 radical (unpaired) electrons. The summed E-state index contributed by atoms with van der Waals surface area (Å²) in [6, 6.07) is 16.6. The maximum Gasteiger partial charge on any atom is 0.264 e. The second-order valence-electron chi connectivity index (χ2n) is 8.68. The highest BCUT2D eigenvalue weighted by Crippen LogP contribution is 2.32. The van der Waals surface area contributed by atoms with Crippen LogP contribution in [0.1, 0.15) is 5.56 Å². The number of benzene rings is 3. The second-order valence-corrected chi connectivity index (χ2v) is 12.9. The molecule has 4 rings (SSSR count). The van der Waals surface area contributed by atoms with Crippen LogP contribution in [-0.4, -0.2) is 67.0 Å². The predicted molar refractivity (Wildman–Crippen MR) is 148 cm³/mol. The van der Waals surface area contributed by atoms with Crippen LogP contribution in [0.2, 0.25) is 5.02 Å². The first kappa shape index (κ1) is 28.8. The zero-order chi connectivity index (χ0) is 28.2. The summed E-state index contributed by atoms with van der Waals surface area (Å²) in [4.78, 5) is 13.3. The highest BCUT2D eigenvalue weighted by Gasteiger charge is 2.30. The molecule has 0 spiro atoms. The predicted octanol–water partition coefficient (Wildman–Crippen LogP) is 3.51. The van der Waals surface area contributed by atoms with Gasteiger partial charge in [0.25, 0.3) is 10.0 Å². The molecule has 208 valence electrons. The Labute approximate surface area is 233 Å². The summed E-state index contributed by atoms with van der Waals surface area (Å²) >= 11 is 6.18. The quantitative estimate of drug-likeness (QED) is 0.403. The minimum Gasteiger partial charge on any atom is -0.495 e. The number of aryl methyl sites for hydroxylation is 1. The van der Waals surface area contributed by atoms with Gasteiger partial charge in [-0.05, 0) is 55.0 Å². The third-order valence-corrected chi connectivity index (χ3v) is 10.0. The lowest BCUT2D eigenvalue weighted by Crippen LogP contribution is -2.40. The normalized spacial score (nSPS) is 14.5. The topological polar surface area (TPSA) is 122 Å². The summed E-state index contributed by atoms with van der Waals surface area (Å²) in [6.45, 7) is 2.09. The van der Waals surface area contributed by atoms with Gasteiger partial charge in [-0.2, -0.15) is 4.31 Å². The van der Waals surface area contributed by atoms with Gasteiger partial charge >= 0.3 is 0 Å². The van der Waals surface area contributed by atoms with Gasteiger partial charge in [0.1, 0.15) is 12.3 Å². The van der Waals surface area contributed by atoms with Gasteiger partial charge in [-0.15, -0.1) is 0 Å². The third-order valence-electron chi connectivity index (χ3n) is 6.11. The molecule has 1 N–H and O–H groups in total. The first-order valence-corrected chi connectivity index (χ1v) is 15.2. The number of carbonyl (C=O) groups is 1. The minimum absolute atomic E-state index is 0.00615. The molecule has 1 saturated heterocycles. The number of ether oxygens (including phenoxy) is 2. The molecule has 1 heterocycles. The first-order chi connectivity index (χ1) is 18.5. The maximum absolute atomic E-state index is 13.7. The molecule has 1 amide bonds. The van der Waals surface area contributed by atoms with Crippen LogP contribution in [0.5, 0.6) is 5.75 Å². The van der Waals surface area contributed by atoms with Crippen LogP contribution in [0, 0.1) is 6.92 Å². The van der Waals surface area contributed by atoms with Gasteiger partial charge in [0.05, 0.1) is 41.5 Å². The Morgan fingerprint density at radius 3 is 2.36 bits per heavy atom. The van der Waals surface area contributed by atoms with Gasteiger partial charge in [-0.25, -0.2) is 16.8 Å². The number of sulfonamides is 2. The van der Waals surface area contributed by atoms with Crippen molar-refractivity contribution in [3.63, 3.8) is 0 Å². The Morgan fingerprint density at radius 2 is 1.69 bits per heavy atom. The number of morpholine rings is 1. The lowest BCUT2D eigenvalue weighted by molar-refractivity contribution is -0.114. The smallest absolute Gasteiger partial charge is 0.264 e. The van der Waals surface area contributed by atoms with E-state index >= 15 is 0 Å². The van der Waals surface area contributed by atoms with Crippen molar-refractivity contribution in [2.24, 2.45) is 0 Å². The highest BCUT2D eigenvalue weighted by atomic mass is 35.5. The fraction of sp³-hybridized carbons (Fsp3) is 0.269. The van der Waals surface area contributed by atoms with Crippen LogP contribution >= 0.6 is 11.6 Å². The van der Waals surface area contributed by atoms with Crippen molar-refractivity contribution in [3.8, 4) is 5.75 Å². The van der Waals surface area contributed by atoms with Crippen molar-refractivity contribution in [2.45, 2.75) is 16.7 Å². The van der Waals surface area contributed by atoms with Gasteiger partial charge in [-0.1, -0.05) is 35.9 Å². The fourth-order valence-electron chi connectivity index (χ4n) is 4.07. The van der Waals surface area contributed by atoms with E-state index in [1.165, 1.54) is 47.8 Å². The highest BCUT2D eigenvalue weighted by molar-refractivity contribution is 7.92. The summed E-state index contributed by atoms with van der Waals surface area (Å²) in [5.41, 5.74) is 0.900. The summed E-state index contributed by atoms with van der Waals surface area (Å²) in [5, 5.41) is 2.92. The number of amides is 1. The zero-order valence-corrected chi connectivity index (χ0v) is 23.7. The Morgan fingerprint density at radius 1 is 1.00 bits per heavy atom. The van der Waals surface area contributed by atoms with E-state index in [0.717, 1.165) is 4.31 Å². The van der Waals surface area contributed by atoms with Crippen LogP contribution in [0.25, 0.3) is 0 Å². The Hall–Kier alpha value is -3.16. The number of methoxy groups -OCH3 is 1. The van der Waals surface area contributed by atoms with Gasteiger partial charge < -0.3 is 14.8 Å². The molecule has 0 atom stereocenters. The molecule has 3 aromatic rings. The summed E-state index contributed by atoms with van der Waals surface area (Å²) in [5.74, 6) is -0.506. The minimum atomic E-state index is -4.17. The standard InChI is InChI=1S/C26H28ClN3O7S2/c1-19-8-9-20(27)16-24(19)30(39(34,35)21-6-4-3-5-7-21)18-26(31)28-23-17-22(10-11-25(23)36-2)38(32,33)29-12-14-37-15-13-29/h3-11,16-17H,12-15,18H2,1-2H3,(H,28,31). The van der Waals surface area contributed by atoms with Crippen molar-refractivity contribution in [3.05, 3.63) is 77.3 Å². The number of hydrogen-bond donors (Lipinski definition) is 1. The molecule has 0 unspecified atom stereocenters. The average Bonchev–Trinajstić information content (AvgIpc) is 2.94. The number of hydrogen-bond acceptors (Lipinski definition) is 7. The van der Waals surface area contributed by atoms with Crippen LogP contribution < -0.4 is 14.4 Å². The number of halogens is 1. The van der Waals surface area contributed by atoms with Crippen molar-refractivity contribution in [1.82, 2.24) is 4.31 Å². The van der Waals surface area contributed by atoms with E-state index in [1.807, 2.05) is 0 Å². The molecule has 1 fully saturated rings. The number of nitrogens with zero attached hydrogens (tertiary/aromatic N) is 2. The molecule has 0 aromatic heterocycles. The van der Waals surface area contributed by atoms with E-state index in [4.69, 9.17) is 21.1 Å². The number of carbonyl (C=O) groups excluding carboxylic acids is 1. The van der Waals surface area contributed by atoms with Gasteiger partial charge in [-0.3, -0.25) is 9.10 Å². The Balaban J connectivity index is 1.68. The molecule has 0 saturated carbocycles. The van der Waals surface area contributed by atoms with Crippen molar-refractivity contribution in [2.75, 3.05) is 49.6 Å². The third kappa shape index (κ3) is 6.36. The first-order valence-electron chi connectivity index (χ1n) is 11.9. The largest absolute Gasteiger partial charge is 0.495 e. The molecule has 0 aliphatic carbocycles. The second kappa shape index (κ2) is 11.9. The monoisotopic (exact) mass is 593 g/mol. The number of rotatable bonds is 9.